The van der Waals surface area contributed by atoms with Crippen LogP contribution in [0.3, 0.4) is 0 Å². The quantitative estimate of drug-likeness (QED) is 0.203. The molecule has 0 amide bonds. The number of Topliss-reactive ketones (excluding diaryl/α,β-unsaturated/α-hetero) is 1. The van der Waals surface area contributed by atoms with E-state index in [9.17, 15) is 22.4 Å². The molecular weight excluding hydrogens is 600 g/mol. The van der Waals surface area contributed by atoms with Crippen molar-refractivity contribution in [3.63, 3.8) is 0 Å². The predicted molar refractivity (Wildman–Crippen MR) is 92.3 cm³/mol. The summed E-state index contributed by atoms with van der Waals surface area (Å²) in [6.45, 7) is 7.46. The van der Waals surface area contributed by atoms with E-state index >= 15 is 0 Å². The molecule has 1 aliphatic carbocycles. The molecule has 9 heteroatoms. The van der Waals surface area contributed by atoms with Crippen molar-refractivity contribution in [2.24, 2.45) is 5.92 Å². The maximum Gasteiger partial charge on any atom is 0.289 e. The Morgan fingerprint density at radius 1 is 1.35 bits per heavy atom. The molecule has 1 aliphatic rings. The minimum atomic E-state index is -3.17. The average Bonchev–Trinajstić information content (AvgIpc) is 2.91. The molecule has 3 nitrogen and oxygen atoms in total. The molecule has 0 aromatic carbocycles. The second-order valence-electron chi connectivity index (χ2n) is 5.91. The van der Waals surface area contributed by atoms with Crippen LogP contribution in [0.15, 0.2) is 0 Å². The number of hydrogen-bond donors (Lipinski definition) is 0. The maximum atomic E-state index is 13.5. The van der Waals surface area contributed by atoms with Crippen molar-refractivity contribution in [3.05, 3.63) is 24.4 Å². The van der Waals surface area contributed by atoms with E-state index in [-0.39, 0.29) is 59.9 Å². The molecule has 0 N–H and O–H groups in total. The second-order valence-corrected chi connectivity index (χ2v) is 5.91. The summed E-state index contributed by atoms with van der Waals surface area (Å²) < 4.78 is 54.6. The molecule has 1 saturated carbocycles. The number of carbonyl (C=O) groups excluding carboxylic acids is 1. The number of aromatic nitrogens is 2. The Bertz CT molecular complexity index is 574. The van der Waals surface area contributed by atoms with Crippen molar-refractivity contribution < 1.29 is 22.4 Å². The van der Waals surface area contributed by atoms with Crippen molar-refractivity contribution >= 4 is 15.9 Å². The fourth-order valence-corrected chi connectivity index (χ4v) is 2.99. The van der Waals surface area contributed by atoms with E-state index in [4.69, 9.17) is 0 Å². The van der Waals surface area contributed by atoms with E-state index < -0.39 is 17.5 Å². The summed E-state index contributed by atoms with van der Waals surface area (Å²) in [6, 6.07) is 0. The summed E-state index contributed by atoms with van der Waals surface area (Å²) in [4.78, 5) is 11.7. The van der Waals surface area contributed by atoms with Gasteiger partial charge in [0.1, 0.15) is 11.4 Å². The second kappa shape index (κ2) is 10.0. The van der Waals surface area contributed by atoms with Crippen LogP contribution in [0.2, 0.25) is 0 Å². The van der Waals surface area contributed by atoms with E-state index in [1.807, 2.05) is 13.8 Å². The third kappa shape index (κ3) is 6.25. The normalized spacial score (nSPS) is 17.8. The van der Waals surface area contributed by atoms with Gasteiger partial charge in [-0.25, -0.2) is 8.78 Å². The number of nitrogens with zero attached hydrogens (tertiary/aromatic N) is 2. The van der Waals surface area contributed by atoms with Gasteiger partial charge in [-0.2, -0.15) is 13.9 Å². The molecule has 0 spiro atoms. The minimum Gasteiger partial charge on any atom is -0.358 e. The van der Waals surface area contributed by atoms with Crippen LogP contribution >= 0.6 is 0 Å². The number of ketones is 1. The monoisotopic (exact) mass is 627 g/mol. The Kier molecular flexibility index (Phi) is 11.0. The Labute approximate surface area is 151 Å². The summed E-state index contributed by atoms with van der Waals surface area (Å²) in [6.07, 6.45) is -0.188. The summed E-state index contributed by atoms with van der Waals surface area (Å²) in [5.41, 5.74) is -0.251. The molecule has 2 radical (unpaired) electrons. The van der Waals surface area contributed by atoms with Gasteiger partial charge in [0.2, 0.25) is 5.92 Å². The van der Waals surface area contributed by atoms with Gasteiger partial charge in [-0.15, -0.1) is 0 Å². The smallest absolute Gasteiger partial charge is 0.289 e. The van der Waals surface area contributed by atoms with Crippen LogP contribution in [0, 0.1) is 20.3 Å². The summed E-state index contributed by atoms with van der Waals surface area (Å²) >= 11 is 0. The average molecular weight is 627 g/mol. The van der Waals surface area contributed by atoms with Crippen LogP contribution in [0.5, 0.6) is 0 Å². The third-order valence-electron chi connectivity index (χ3n) is 3.88. The van der Waals surface area contributed by atoms with Crippen LogP contribution in [0.25, 0.3) is 0 Å². The van der Waals surface area contributed by atoms with E-state index in [0.29, 0.717) is 13.3 Å². The van der Waals surface area contributed by atoms with E-state index in [0.717, 1.165) is 0 Å². The number of alkyl halides is 4. The number of hydrogen-bond acceptors (Lipinski definition) is 2. The molecule has 0 saturated heterocycles. The van der Waals surface area contributed by atoms with Crippen LogP contribution < -0.4 is 0 Å². The van der Waals surface area contributed by atoms with Crippen molar-refractivity contribution in [3.8, 4) is 0 Å². The SMILES string of the molecule is CC.CC(=O)c1c(C)c(C(C)(F)F)nn1CC1CCC(F)(F)C1.[Be].[CH3-].[Rf]. The van der Waals surface area contributed by atoms with Crippen LogP contribution in [0.4, 0.5) is 17.6 Å². The van der Waals surface area contributed by atoms with Gasteiger partial charge in [0, 0.05) is 48.9 Å². The standard InChI is InChI=1S/C14H18F4N2O.C2H6.CH3.Be.Rf/c1-8-11(9(2)21)20(19-12(8)13(3,15)16)7-10-4-5-14(17,18)6-10;1-2;;;/h10H,4-7H2,1-3H3;1-2H3;1H3;;/q;;-1;;. The van der Waals surface area contributed by atoms with Crippen LogP contribution in [-0.4, -0.2) is 31.6 Å². The fourth-order valence-electron chi connectivity index (χ4n) is 2.99. The summed E-state index contributed by atoms with van der Waals surface area (Å²) in [7, 11) is 0. The fraction of sp³-hybridized carbons (Fsp3) is 0.706. The van der Waals surface area contributed by atoms with Crippen LogP contribution in [0.1, 0.15) is 68.7 Å². The van der Waals surface area contributed by atoms with Crippen molar-refractivity contribution in [2.75, 3.05) is 0 Å². The van der Waals surface area contributed by atoms with Crippen molar-refractivity contribution in [1.29, 1.82) is 0 Å². The summed E-state index contributed by atoms with van der Waals surface area (Å²) in [5.74, 6) is -6.61. The molecule has 1 unspecified atom stereocenters. The van der Waals surface area contributed by atoms with E-state index in [1.165, 1.54) is 18.5 Å². The van der Waals surface area contributed by atoms with Gasteiger partial charge in [-0.05, 0) is 19.3 Å². The Balaban J connectivity index is -0.00000102. The Hall–Kier alpha value is -2.23. The van der Waals surface area contributed by atoms with E-state index in [1.54, 1.807) is 0 Å². The van der Waals surface area contributed by atoms with Crippen molar-refractivity contribution in [1.82, 2.24) is 9.78 Å². The molecule has 2 rings (SSSR count). The number of rotatable bonds is 4. The molecule has 1 aromatic rings. The van der Waals surface area contributed by atoms with Gasteiger partial charge in [-0.3, -0.25) is 9.48 Å². The Morgan fingerprint density at radius 2 is 1.85 bits per heavy atom. The first kappa shape index (κ1) is 28.6. The molecule has 1 fully saturated rings. The maximum absolute atomic E-state index is 13.5. The van der Waals surface area contributed by atoms with Gasteiger partial charge >= 0.3 is 0 Å². The van der Waals surface area contributed by atoms with Gasteiger partial charge in [0.15, 0.2) is 5.78 Å². The Morgan fingerprint density at radius 3 is 2.19 bits per heavy atom. The first-order valence-corrected chi connectivity index (χ1v) is 7.86. The zero-order chi connectivity index (χ0) is 18.0. The van der Waals surface area contributed by atoms with Gasteiger partial charge in [0.05, 0.1) is 0 Å². The van der Waals surface area contributed by atoms with Crippen LogP contribution in [-0.2, 0) is 12.5 Å². The molecule has 1 atom stereocenters. The first-order valence-electron chi connectivity index (χ1n) is 7.86. The molecule has 144 valence electrons. The molecule has 1 aromatic heterocycles. The zero-order valence-corrected chi connectivity index (χ0v) is 23.0. The molecule has 26 heavy (non-hydrogen) atoms. The largest absolute Gasteiger partial charge is 0.358 e. The predicted octanol–water partition coefficient (Wildman–Crippen LogP) is 5.04. The molecule has 0 aliphatic heterocycles. The number of halogens is 4. The first-order chi connectivity index (χ1) is 10.5. The molecule has 1 heterocycles. The zero-order valence-electron chi connectivity index (χ0n) is 16.6. The molecule has 0 bridgehead atoms. The minimum absolute atomic E-state index is 0. The van der Waals surface area contributed by atoms with Crippen molar-refractivity contribution in [2.45, 2.75) is 72.3 Å². The van der Waals surface area contributed by atoms with Gasteiger partial charge < -0.3 is 7.43 Å². The molecular formula is C17H27BeF4N2ORf-. The van der Waals surface area contributed by atoms with Gasteiger partial charge in [-0.1, -0.05) is 13.8 Å². The van der Waals surface area contributed by atoms with Gasteiger partial charge in [0.25, 0.3) is 5.92 Å². The number of carbonyl (C=O) groups is 1. The van der Waals surface area contributed by atoms with E-state index in [2.05, 4.69) is 5.10 Å². The summed E-state index contributed by atoms with van der Waals surface area (Å²) in [5, 5.41) is 3.81. The topological polar surface area (TPSA) is 34.9 Å². The third-order valence-corrected chi connectivity index (χ3v) is 3.88.